The molecule has 3 heterocycles. The van der Waals surface area contributed by atoms with Crippen molar-refractivity contribution >= 4 is 11.8 Å². The summed E-state index contributed by atoms with van der Waals surface area (Å²) in [5.74, 6) is 0.262. The van der Waals surface area contributed by atoms with E-state index in [9.17, 15) is 14.4 Å². The standard InChI is InChI=1S/C20H23N5O3/c1-13(26)22-12-16(27)25-9-6-20(7-10-25)5-4-15-17(20)23-18(24-19(15)28)14-3-2-8-21-11-14/h2-3,8,11H,4-7,9-10,12H2,1H3,(H,22,26)(H,23,24,28). The molecule has 2 aliphatic rings. The van der Waals surface area contributed by atoms with Gasteiger partial charge in [-0.2, -0.15) is 0 Å². The predicted molar refractivity (Wildman–Crippen MR) is 103 cm³/mol. The van der Waals surface area contributed by atoms with Crippen molar-refractivity contribution in [3.63, 3.8) is 0 Å². The molecular weight excluding hydrogens is 358 g/mol. The van der Waals surface area contributed by atoms with Gasteiger partial charge in [-0.05, 0) is 37.8 Å². The Morgan fingerprint density at radius 3 is 2.75 bits per heavy atom. The van der Waals surface area contributed by atoms with Crippen LogP contribution in [-0.4, -0.2) is 51.3 Å². The maximum Gasteiger partial charge on any atom is 0.254 e. The largest absolute Gasteiger partial charge is 0.347 e. The normalized spacial score (nSPS) is 17.4. The fourth-order valence-corrected chi connectivity index (χ4v) is 4.27. The molecule has 4 rings (SSSR count). The third-order valence-electron chi connectivity index (χ3n) is 5.87. The molecule has 0 radical (unpaired) electrons. The number of hydrogen-bond acceptors (Lipinski definition) is 5. The molecule has 1 aliphatic heterocycles. The summed E-state index contributed by atoms with van der Waals surface area (Å²) in [6, 6.07) is 3.69. The summed E-state index contributed by atoms with van der Waals surface area (Å²) < 4.78 is 0. The van der Waals surface area contributed by atoms with Gasteiger partial charge in [0, 0.05) is 48.9 Å². The Labute approximate surface area is 162 Å². The van der Waals surface area contributed by atoms with Crippen LogP contribution >= 0.6 is 0 Å². The van der Waals surface area contributed by atoms with E-state index in [0.29, 0.717) is 25.3 Å². The van der Waals surface area contributed by atoms with Crippen molar-refractivity contribution in [2.24, 2.45) is 0 Å². The Kier molecular flexibility index (Phi) is 4.70. The van der Waals surface area contributed by atoms with Crippen molar-refractivity contribution in [2.45, 2.75) is 38.0 Å². The van der Waals surface area contributed by atoms with Crippen LogP contribution in [0.5, 0.6) is 0 Å². The number of hydrogen-bond donors (Lipinski definition) is 2. The summed E-state index contributed by atoms with van der Waals surface area (Å²) in [4.78, 5) is 49.6. The number of rotatable bonds is 3. The van der Waals surface area contributed by atoms with Crippen LogP contribution in [0.3, 0.4) is 0 Å². The molecule has 2 aromatic rings. The zero-order valence-corrected chi connectivity index (χ0v) is 15.8. The topological polar surface area (TPSA) is 108 Å². The lowest BCUT2D eigenvalue weighted by molar-refractivity contribution is -0.133. The van der Waals surface area contributed by atoms with Gasteiger partial charge in [-0.1, -0.05) is 0 Å². The van der Waals surface area contributed by atoms with Crippen LogP contribution in [0.25, 0.3) is 11.4 Å². The highest BCUT2D eigenvalue weighted by molar-refractivity contribution is 5.83. The van der Waals surface area contributed by atoms with Crippen LogP contribution in [0, 0.1) is 0 Å². The molecule has 1 saturated heterocycles. The molecule has 2 aromatic heterocycles. The van der Waals surface area contributed by atoms with Crippen molar-refractivity contribution in [2.75, 3.05) is 19.6 Å². The van der Waals surface area contributed by atoms with Gasteiger partial charge in [0.1, 0.15) is 5.82 Å². The fourth-order valence-electron chi connectivity index (χ4n) is 4.27. The van der Waals surface area contributed by atoms with Crippen molar-refractivity contribution in [3.05, 3.63) is 46.1 Å². The number of nitrogens with one attached hydrogen (secondary N) is 2. The first-order chi connectivity index (χ1) is 13.5. The summed E-state index contributed by atoms with van der Waals surface area (Å²) in [6.45, 7) is 2.64. The van der Waals surface area contributed by atoms with Gasteiger partial charge in [0.05, 0.1) is 12.2 Å². The minimum Gasteiger partial charge on any atom is -0.347 e. The number of fused-ring (bicyclic) bond motifs is 2. The summed E-state index contributed by atoms with van der Waals surface area (Å²) in [5, 5.41) is 2.56. The molecule has 0 atom stereocenters. The number of likely N-dealkylation sites (tertiary alicyclic amines) is 1. The summed E-state index contributed by atoms with van der Waals surface area (Å²) in [5.41, 5.74) is 2.19. The van der Waals surface area contributed by atoms with Crippen LogP contribution in [0.1, 0.15) is 37.4 Å². The van der Waals surface area contributed by atoms with Gasteiger partial charge >= 0.3 is 0 Å². The van der Waals surface area contributed by atoms with Crippen LogP contribution in [-0.2, 0) is 21.4 Å². The molecular formula is C20H23N5O3. The summed E-state index contributed by atoms with van der Waals surface area (Å²) in [6.07, 6.45) is 6.51. The van der Waals surface area contributed by atoms with Gasteiger partial charge in [-0.15, -0.1) is 0 Å². The first kappa shape index (κ1) is 18.3. The van der Waals surface area contributed by atoms with Crippen molar-refractivity contribution < 1.29 is 9.59 Å². The molecule has 8 heteroatoms. The monoisotopic (exact) mass is 381 g/mol. The number of carbonyl (C=O) groups excluding carboxylic acids is 2. The van der Waals surface area contributed by atoms with E-state index >= 15 is 0 Å². The average molecular weight is 381 g/mol. The van der Waals surface area contributed by atoms with Gasteiger partial charge in [0.25, 0.3) is 5.56 Å². The highest BCUT2D eigenvalue weighted by atomic mass is 16.2. The third kappa shape index (κ3) is 3.30. The van der Waals surface area contributed by atoms with Gasteiger partial charge in [-0.25, -0.2) is 4.98 Å². The quantitative estimate of drug-likeness (QED) is 0.817. The molecule has 0 unspecified atom stereocenters. The zero-order chi connectivity index (χ0) is 19.7. The zero-order valence-electron chi connectivity index (χ0n) is 15.8. The highest BCUT2D eigenvalue weighted by Crippen LogP contribution is 2.44. The average Bonchev–Trinajstić information content (AvgIpc) is 3.06. The van der Waals surface area contributed by atoms with E-state index in [2.05, 4.69) is 15.3 Å². The maximum atomic E-state index is 12.6. The van der Waals surface area contributed by atoms with Crippen LogP contribution in [0.15, 0.2) is 29.3 Å². The fraction of sp³-hybridized carbons (Fsp3) is 0.450. The lowest BCUT2D eigenvalue weighted by atomic mass is 9.76. The first-order valence-electron chi connectivity index (χ1n) is 9.55. The minimum absolute atomic E-state index is 0.0298. The number of amides is 2. The van der Waals surface area contributed by atoms with Gasteiger partial charge in [0.15, 0.2) is 0 Å². The highest BCUT2D eigenvalue weighted by Gasteiger charge is 2.44. The molecule has 2 N–H and O–H groups in total. The van der Waals surface area contributed by atoms with Gasteiger partial charge in [0.2, 0.25) is 11.8 Å². The molecule has 146 valence electrons. The molecule has 0 aromatic carbocycles. The van der Waals surface area contributed by atoms with E-state index in [4.69, 9.17) is 4.98 Å². The lowest BCUT2D eigenvalue weighted by Gasteiger charge is -2.39. The molecule has 1 fully saturated rings. The minimum atomic E-state index is -0.210. The molecule has 2 amide bonds. The maximum absolute atomic E-state index is 12.6. The number of piperidine rings is 1. The molecule has 1 aliphatic carbocycles. The van der Waals surface area contributed by atoms with Crippen LogP contribution in [0.2, 0.25) is 0 Å². The number of pyridine rings is 1. The van der Waals surface area contributed by atoms with Crippen molar-refractivity contribution in [3.8, 4) is 11.4 Å². The van der Waals surface area contributed by atoms with Crippen LogP contribution in [0.4, 0.5) is 0 Å². The smallest absolute Gasteiger partial charge is 0.254 e. The number of aromatic nitrogens is 3. The predicted octanol–water partition coefficient (Wildman–Crippen LogP) is 0.774. The number of carbonyl (C=O) groups is 2. The Morgan fingerprint density at radius 1 is 1.29 bits per heavy atom. The number of aromatic amines is 1. The number of nitrogens with zero attached hydrogens (tertiary/aromatic N) is 3. The van der Waals surface area contributed by atoms with Crippen LogP contribution < -0.4 is 10.9 Å². The second kappa shape index (κ2) is 7.18. The molecule has 0 saturated carbocycles. The van der Waals surface area contributed by atoms with E-state index < -0.39 is 0 Å². The van der Waals surface area contributed by atoms with E-state index in [1.165, 1.54) is 6.92 Å². The molecule has 28 heavy (non-hydrogen) atoms. The lowest BCUT2D eigenvalue weighted by Crippen LogP contribution is -2.47. The van der Waals surface area contributed by atoms with E-state index in [1.54, 1.807) is 17.3 Å². The second-order valence-corrected chi connectivity index (χ2v) is 7.55. The summed E-state index contributed by atoms with van der Waals surface area (Å²) in [7, 11) is 0. The van der Waals surface area contributed by atoms with E-state index in [1.807, 2.05) is 12.1 Å². The Bertz CT molecular complexity index is 962. The SMILES string of the molecule is CC(=O)NCC(=O)N1CCC2(CCc3c2nc(-c2cccnc2)[nH]c3=O)CC1. The van der Waals surface area contributed by atoms with E-state index in [-0.39, 0.29) is 29.3 Å². The van der Waals surface area contributed by atoms with Crippen molar-refractivity contribution in [1.29, 1.82) is 0 Å². The third-order valence-corrected chi connectivity index (χ3v) is 5.87. The Hall–Kier alpha value is -3.03. The second-order valence-electron chi connectivity index (χ2n) is 7.55. The van der Waals surface area contributed by atoms with Crippen molar-refractivity contribution in [1.82, 2.24) is 25.2 Å². The Morgan fingerprint density at radius 2 is 2.07 bits per heavy atom. The molecule has 0 bridgehead atoms. The number of H-pyrrole nitrogens is 1. The molecule has 8 nitrogen and oxygen atoms in total. The first-order valence-corrected chi connectivity index (χ1v) is 9.55. The van der Waals surface area contributed by atoms with E-state index in [0.717, 1.165) is 36.1 Å². The Balaban J connectivity index is 1.56. The van der Waals surface area contributed by atoms with Gasteiger partial charge < -0.3 is 15.2 Å². The summed E-state index contributed by atoms with van der Waals surface area (Å²) >= 11 is 0. The molecule has 1 spiro atoms. The van der Waals surface area contributed by atoms with Gasteiger partial charge in [-0.3, -0.25) is 19.4 Å².